The quantitative estimate of drug-likeness (QED) is 0.199. The maximum atomic E-state index is 8.44. The molecule has 0 amide bonds. The van der Waals surface area contributed by atoms with Crippen molar-refractivity contribution >= 4 is 33.6 Å². The Morgan fingerprint density at radius 2 is 1.55 bits per heavy atom. The van der Waals surface area contributed by atoms with Gasteiger partial charge in [-0.05, 0) is 41.2 Å². The number of para-hydroxylation sites is 1. The van der Waals surface area contributed by atoms with Crippen LogP contribution in [-0.4, -0.2) is 14.5 Å². The Bertz CT molecular complexity index is 1620. The van der Waals surface area contributed by atoms with Crippen LogP contribution in [0.15, 0.2) is 113 Å². The molecule has 0 aliphatic heterocycles. The molecule has 33 heavy (non-hydrogen) atoms. The van der Waals surface area contributed by atoms with E-state index in [0.717, 1.165) is 42.9 Å². The van der Waals surface area contributed by atoms with Gasteiger partial charge in [-0.2, -0.15) is 30.3 Å². The van der Waals surface area contributed by atoms with Crippen molar-refractivity contribution in [2.45, 2.75) is 9.92 Å². The molecule has 3 nitrogen and oxygen atoms in total. The molecule has 5 heteroatoms. The van der Waals surface area contributed by atoms with Crippen LogP contribution < -0.4 is 0 Å². The van der Waals surface area contributed by atoms with Gasteiger partial charge in [0.1, 0.15) is 5.82 Å². The molecule has 0 unspecified atom stereocenters. The molecule has 0 aliphatic carbocycles. The van der Waals surface area contributed by atoms with E-state index in [-0.39, 0.29) is 21.1 Å². The van der Waals surface area contributed by atoms with Crippen LogP contribution in [0.3, 0.4) is 0 Å². The molecule has 3 heterocycles. The van der Waals surface area contributed by atoms with Gasteiger partial charge in [-0.1, -0.05) is 52.4 Å². The number of benzene rings is 3. The van der Waals surface area contributed by atoms with E-state index in [1.165, 1.54) is 0 Å². The van der Waals surface area contributed by atoms with Crippen molar-refractivity contribution < 1.29 is 22.4 Å². The zero-order valence-corrected chi connectivity index (χ0v) is 20.4. The minimum absolute atomic E-state index is 0. The van der Waals surface area contributed by atoms with Gasteiger partial charge in [0.25, 0.3) is 0 Å². The topological polar surface area (TPSA) is 30.7 Å². The van der Waals surface area contributed by atoms with Gasteiger partial charge >= 0.3 is 21.1 Å². The van der Waals surface area contributed by atoms with Crippen molar-refractivity contribution in [2.75, 3.05) is 0 Å². The number of rotatable bonds is 4. The van der Waals surface area contributed by atoms with E-state index in [0.29, 0.717) is 11.9 Å². The Hall–Kier alpha value is -3.20. The molecule has 0 N–H and O–H groups in total. The first-order valence-corrected chi connectivity index (χ1v) is 11.1. The van der Waals surface area contributed by atoms with Gasteiger partial charge in [-0.15, -0.1) is 12.1 Å². The van der Waals surface area contributed by atoms with Crippen LogP contribution in [0.5, 0.6) is 0 Å². The fourth-order valence-corrected chi connectivity index (χ4v) is 4.69. The predicted octanol–water partition coefficient (Wildman–Crippen LogP) is 6.99. The van der Waals surface area contributed by atoms with Crippen LogP contribution in [0.25, 0.3) is 38.8 Å². The first-order chi connectivity index (χ1) is 16.3. The molecule has 0 fully saturated rings. The predicted molar refractivity (Wildman–Crippen MR) is 130 cm³/mol. The molecule has 3 aromatic heterocycles. The van der Waals surface area contributed by atoms with Crippen molar-refractivity contribution in [2.24, 2.45) is 0 Å². The smallest absolute Gasteiger partial charge is 0.314 e. The normalized spacial score (nSPS) is 11.3. The molecule has 0 saturated heterocycles. The maximum Gasteiger partial charge on any atom is 2.00 e. The summed E-state index contributed by atoms with van der Waals surface area (Å²) < 4.78 is 10.5. The summed E-state index contributed by atoms with van der Waals surface area (Å²) >= 11 is 1.59. The number of hydrogen-bond acceptors (Lipinski definition) is 3. The first kappa shape index (κ1) is 20.4. The summed E-state index contributed by atoms with van der Waals surface area (Å²) in [5.41, 5.74) is 3.81. The molecular formula is C28H17N3PtS. The molecule has 0 aliphatic rings. The first-order valence-electron chi connectivity index (χ1n) is 10.8. The number of hydrogen-bond donors (Lipinski definition) is 0. The average Bonchev–Trinajstić information content (AvgIpc) is 3.19. The summed E-state index contributed by atoms with van der Waals surface area (Å²) in [5.74, 6) is 0.598. The van der Waals surface area contributed by atoms with Gasteiger partial charge in [0, 0.05) is 17.9 Å². The zero-order valence-electron chi connectivity index (χ0n) is 18.3. The number of fused-ring (bicyclic) bond motifs is 3. The average molecular weight is 624 g/mol. The van der Waals surface area contributed by atoms with Crippen molar-refractivity contribution in [3.63, 3.8) is 0 Å². The van der Waals surface area contributed by atoms with Crippen LogP contribution in [-0.2, 0) is 21.1 Å². The molecule has 3 aromatic carbocycles. The van der Waals surface area contributed by atoms with E-state index in [1.54, 1.807) is 36.3 Å². The Morgan fingerprint density at radius 3 is 2.42 bits per heavy atom. The molecule has 6 rings (SSSR count). The molecule has 0 spiro atoms. The molecule has 0 saturated carbocycles. The summed E-state index contributed by atoms with van der Waals surface area (Å²) in [6.45, 7) is 0. The van der Waals surface area contributed by atoms with Gasteiger partial charge in [-0.3, -0.25) is 0 Å². The molecule has 0 atom stereocenters. The summed E-state index contributed by atoms with van der Waals surface area (Å²) in [7, 11) is 0. The third kappa shape index (κ3) is 4.13. The largest absolute Gasteiger partial charge is 2.00 e. The molecule has 0 radical (unpaired) electrons. The second-order valence-corrected chi connectivity index (χ2v) is 8.35. The van der Waals surface area contributed by atoms with Gasteiger partial charge in [0.2, 0.25) is 0 Å². The summed E-state index contributed by atoms with van der Waals surface area (Å²) in [4.78, 5) is 9.92. The SMILES string of the molecule is [2H]c1cccnc1-n1c2[c-]c(-c3[c-]c(Sc4ccccn4)ccc3)ccc2c2ccccc21.[Pt+2]. The third-order valence-electron chi connectivity index (χ3n) is 5.30. The van der Waals surface area contributed by atoms with Crippen LogP contribution >= 0.6 is 11.8 Å². The van der Waals surface area contributed by atoms with Crippen molar-refractivity contribution in [1.82, 2.24) is 14.5 Å². The fourth-order valence-electron chi connectivity index (χ4n) is 3.89. The van der Waals surface area contributed by atoms with Crippen molar-refractivity contribution in [1.29, 1.82) is 0 Å². The Morgan fingerprint density at radius 1 is 0.727 bits per heavy atom. The van der Waals surface area contributed by atoms with Crippen molar-refractivity contribution in [3.8, 4) is 16.9 Å². The standard InChI is InChI=1S/C28H17N3S.Pt/c1-2-11-25-23(10-1)24-15-14-21(19-26(24)31(25)27-12-3-5-16-29-27)20-8-7-9-22(18-20)32-28-13-4-6-17-30-28;/h1-17H;/q-2;+2/i12D;. The Balaban J connectivity index is 0.00000241. The number of aromatic nitrogens is 3. The van der Waals surface area contributed by atoms with Crippen molar-refractivity contribution in [3.05, 3.63) is 115 Å². The number of pyridine rings is 2. The van der Waals surface area contributed by atoms with E-state index in [9.17, 15) is 0 Å². The van der Waals surface area contributed by atoms with E-state index < -0.39 is 0 Å². The van der Waals surface area contributed by atoms with Crippen LogP contribution in [0, 0.1) is 12.1 Å². The molecular weight excluding hydrogens is 605 g/mol. The van der Waals surface area contributed by atoms with Gasteiger partial charge < -0.3 is 4.57 Å². The Labute approximate surface area is 212 Å². The van der Waals surface area contributed by atoms with E-state index in [2.05, 4.69) is 46.4 Å². The second kappa shape index (κ2) is 9.35. The fraction of sp³-hybridized carbons (Fsp3) is 0. The molecule has 160 valence electrons. The minimum atomic E-state index is 0. The summed E-state index contributed by atoms with van der Waals surface area (Å²) in [5, 5.41) is 3.13. The Kier molecular flexibility index (Phi) is 5.78. The van der Waals surface area contributed by atoms with Crippen LogP contribution in [0.1, 0.15) is 1.37 Å². The van der Waals surface area contributed by atoms with E-state index in [1.807, 2.05) is 53.1 Å². The van der Waals surface area contributed by atoms with Gasteiger partial charge in [0.15, 0.2) is 0 Å². The maximum absolute atomic E-state index is 8.44. The van der Waals surface area contributed by atoms with Crippen LogP contribution in [0.2, 0.25) is 0 Å². The minimum Gasteiger partial charge on any atom is -0.314 e. The monoisotopic (exact) mass is 623 g/mol. The van der Waals surface area contributed by atoms with Gasteiger partial charge in [0.05, 0.1) is 6.40 Å². The third-order valence-corrected chi connectivity index (χ3v) is 6.21. The summed E-state index contributed by atoms with van der Waals surface area (Å²) in [6, 6.07) is 35.5. The zero-order chi connectivity index (χ0) is 22.2. The number of nitrogens with zero attached hydrogens (tertiary/aromatic N) is 3. The summed E-state index contributed by atoms with van der Waals surface area (Å²) in [6.07, 6.45) is 3.52. The molecule has 0 bridgehead atoms. The van der Waals surface area contributed by atoms with Gasteiger partial charge in [-0.25, -0.2) is 21.1 Å². The molecule has 6 aromatic rings. The van der Waals surface area contributed by atoms with E-state index in [4.69, 9.17) is 1.37 Å². The van der Waals surface area contributed by atoms with Crippen LogP contribution in [0.4, 0.5) is 0 Å². The van der Waals surface area contributed by atoms with E-state index >= 15 is 0 Å². The second-order valence-electron chi connectivity index (χ2n) is 7.29.